The van der Waals surface area contributed by atoms with Gasteiger partial charge in [-0.3, -0.25) is 4.98 Å². The molecule has 2 heteroatoms. The number of alkyl halides is 1. The molecular weight excluding hydrogens is 182 g/mol. The van der Waals surface area contributed by atoms with E-state index in [1.165, 1.54) is 0 Å². The second-order valence-corrected chi connectivity index (χ2v) is 4.37. The summed E-state index contributed by atoms with van der Waals surface area (Å²) in [6.45, 7) is 4.38. The topological polar surface area (TPSA) is 12.9 Å². The van der Waals surface area contributed by atoms with Crippen LogP contribution in [0.5, 0.6) is 0 Å². The van der Waals surface area contributed by atoms with Gasteiger partial charge >= 0.3 is 0 Å². The molecule has 1 aromatic rings. The minimum Gasteiger partial charge on any atom is -0.261 e. The van der Waals surface area contributed by atoms with Crippen LogP contribution in [0.3, 0.4) is 0 Å². The van der Waals surface area contributed by atoms with Gasteiger partial charge in [0.1, 0.15) is 0 Å². The van der Waals surface area contributed by atoms with Gasteiger partial charge in [0.05, 0.1) is 0 Å². The Morgan fingerprint density at radius 3 is 2.69 bits per heavy atom. The highest BCUT2D eigenvalue weighted by atomic mass is 35.5. The van der Waals surface area contributed by atoms with Crippen LogP contribution in [-0.2, 0) is 6.42 Å². The van der Waals surface area contributed by atoms with Gasteiger partial charge in [0.15, 0.2) is 0 Å². The first-order valence-corrected chi connectivity index (χ1v) is 5.16. The normalized spacial score (nSPS) is 13.2. The Balaban J connectivity index is 2.41. The average Bonchev–Trinajstić information content (AvgIpc) is 2.04. The van der Waals surface area contributed by atoms with Crippen molar-refractivity contribution in [2.75, 3.05) is 0 Å². The summed E-state index contributed by atoms with van der Waals surface area (Å²) in [7, 11) is 0. The maximum absolute atomic E-state index is 6.17. The molecule has 0 amide bonds. The van der Waals surface area contributed by atoms with Gasteiger partial charge in [0.25, 0.3) is 0 Å². The van der Waals surface area contributed by atoms with Gasteiger partial charge in [0.2, 0.25) is 0 Å². The second kappa shape index (κ2) is 5.23. The van der Waals surface area contributed by atoms with Crippen molar-refractivity contribution >= 4 is 11.6 Å². The Morgan fingerprint density at radius 1 is 1.38 bits per heavy atom. The number of aromatic nitrogens is 1. The van der Waals surface area contributed by atoms with Crippen molar-refractivity contribution in [1.82, 2.24) is 4.98 Å². The molecule has 0 aliphatic heterocycles. The predicted molar refractivity (Wildman–Crippen MR) is 57.0 cm³/mol. The summed E-state index contributed by atoms with van der Waals surface area (Å²) in [6.07, 6.45) is 3.74. The summed E-state index contributed by atoms with van der Waals surface area (Å²) >= 11 is 6.17. The van der Waals surface area contributed by atoms with Crippen LogP contribution in [0.15, 0.2) is 24.4 Å². The molecule has 0 N–H and O–H groups in total. The molecular formula is C11H16ClN. The lowest BCUT2D eigenvalue weighted by atomic mass is 10.0. The molecule has 0 aliphatic carbocycles. The Hall–Kier alpha value is -0.560. The molecule has 1 unspecified atom stereocenters. The predicted octanol–water partition coefficient (Wildman–Crippen LogP) is 3.28. The van der Waals surface area contributed by atoms with E-state index in [0.29, 0.717) is 5.92 Å². The fourth-order valence-electron chi connectivity index (χ4n) is 1.34. The summed E-state index contributed by atoms with van der Waals surface area (Å²) in [6, 6.07) is 5.95. The van der Waals surface area contributed by atoms with Gasteiger partial charge in [-0.1, -0.05) is 19.9 Å². The zero-order valence-corrected chi connectivity index (χ0v) is 8.96. The average molecular weight is 198 g/mol. The SMILES string of the molecule is CC(C)CC(Cl)Cc1ccccn1. The Labute approximate surface area is 85.1 Å². The lowest BCUT2D eigenvalue weighted by Gasteiger charge is -2.10. The third-order valence-electron chi connectivity index (χ3n) is 1.88. The van der Waals surface area contributed by atoms with Crippen molar-refractivity contribution in [1.29, 1.82) is 0 Å². The molecule has 1 atom stereocenters. The van der Waals surface area contributed by atoms with Gasteiger partial charge in [-0.2, -0.15) is 0 Å². The fraction of sp³-hybridized carbons (Fsp3) is 0.545. The molecule has 0 fully saturated rings. The number of rotatable bonds is 4. The van der Waals surface area contributed by atoms with E-state index in [4.69, 9.17) is 11.6 Å². The molecule has 0 saturated carbocycles. The maximum Gasteiger partial charge on any atom is 0.0418 e. The van der Waals surface area contributed by atoms with Gasteiger partial charge < -0.3 is 0 Å². The first-order chi connectivity index (χ1) is 6.18. The van der Waals surface area contributed by atoms with Crippen LogP contribution in [0, 0.1) is 5.92 Å². The highest BCUT2D eigenvalue weighted by Crippen LogP contribution is 2.14. The van der Waals surface area contributed by atoms with Gasteiger partial charge in [-0.25, -0.2) is 0 Å². The summed E-state index contributed by atoms with van der Waals surface area (Å²) < 4.78 is 0. The van der Waals surface area contributed by atoms with Gasteiger partial charge in [-0.15, -0.1) is 11.6 Å². The van der Waals surface area contributed by atoms with Gasteiger partial charge in [0, 0.05) is 23.7 Å². The van der Waals surface area contributed by atoms with Crippen LogP contribution in [0.4, 0.5) is 0 Å². The van der Waals surface area contributed by atoms with E-state index in [0.717, 1.165) is 18.5 Å². The molecule has 72 valence electrons. The molecule has 1 aromatic heterocycles. The number of hydrogen-bond acceptors (Lipinski definition) is 1. The van der Waals surface area contributed by atoms with Crippen LogP contribution in [-0.4, -0.2) is 10.4 Å². The van der Waals surface area contributed by atoms with E-state index in [2.05, 4.69) is 18.8 Å². The highest BCUT2D eigenvalue weighted by Gasteiger charge is 2.08. The van der Waals surface area contributed by atoms with Crippen molar-refractivity contribution in [3.63, 3.8) is 0 Å². The lowest BCUT2D eigenvalue weighted by molar-refractivity contribution is 0.559. The minimum absolute atomic E-state index is 0.217. The highest BCUT2D eigenvalue weighted by molar-refractivity contribution is 6.20. The molecule has 1 heterocycles. The molecule has 0 spiro atoms. The first-order valence-electron chi connectivity index (χ1n) is 4.72. The first kappa shape index (κ1) is 10.5. The number of pyridine rings is 1. The Kier molecular flexibility index (Phi) is 4.23. The smallest absolute Gasteiger partial charge is 0.0418 e. The molecule has 0 radical (unpaired) electrons. The van der Waals surface area contributed by atoms with Crippen molar-refractivity contribution in [2.45, 2.75) is 32.1 Å². The quantitative estimate of drug-likeness (QED) is 0.676. The summed E-state index contributed by atoms with van der Waals surface area (Å²) in [4.78, 5) is 4.24. The molecule has 0 aliphatic rings. The van der Waals surface area contributed by atoms with Crippen LogP contribution in [0.25, 0.3) is 0 Å². The summed E-state index contributed by atoms with van der Waals surface area (Å²) in [5.74, 6) is 0.659. The minimum atomic E-state index is 0.217. The largest absolute Gasteiger partial charge is 0.261 e. The molecule has 1 rings (SSSR count). The van der Waals surface area contributed by atoms with E-state index >= 15 is 0 Å². The Bertz CT molecular complexity index is 233. The van der Waals surface area contributed by atoms with Crippen LogP contribution in [0.1, 0.15) is 26.0 Å². The van der Waals surface area contributed by atoms with Crippen molar-refractivity contribution in [2.24, 2.45) is 5.92 Å². The molecule has 0 saturated heterocycles. The van der Waals surface area contributed by atoms with Crippen molar-refractivity contribution in [3.8, 4) is 0 Å². The van der Waals surface area contributed by atoms with E-state index in [1.807, 2.05) is 24.4 Å². The third kappa shape index (κ3) is 4.28. The fourth-order valence-corrected chi connectivity index (χ4v) is 1.86. The summed E-state index contributed by atoms with van der Waals surface area (Å²) in [5, 5.41) is 0.217. The zero-order chi connectivity index (χ0) is 9.68. The Morgan fingerprint density at radius 2 is 2.15 bits per heavy atom. The molecule has 13 heavy (non-hydrogen) atoms. The second-order valence-electron chi connectivity index (χ2n) is 3.75. The standard InChI is InChI=1S/C11H16ClN/c1-9(2)7-10(12)8-11-5-3-4-6-13-11/h3-6,9-10H,7-8H2,1-2H3. The number of hydrogen-bond donors (Lipinski definition) is 0. The van der Waals surface area contributed by atoms with Crippen molar-refractivity contribution in [3.05, 3.63) is 30.1 Å². The van der Waals surface area contributed by atoms with E-state index in [1.54, 1.807) is 0 Å². The van der Waals surface area contributed by atoms with Crippen molar-refractivity contribution < 1.29 is 0 Å². The third-order valence-corrected chi connectivity index (χ3v) is 2.22. The molecule has 0 bridgehead atoms. The van der Waals surface area contributed by atoms with E-state index in [9.17, 15) is 0 Å². The number of nitrogens with zero attached hydrogens (tertiary/aromatic N) is 1. The number of halogens is 1. The van der Waals surface area contributed by atoms with Crippen LogP contribution < -0.4 is 0 Å². The van der Waals surface area contributed by atoms with Gasteiger partial charge in [-0.05, 0) is 24.5 Å². The molecule has 1 nitrogen and oxygen atoms in total. The van der Waals surface area contributed by atoms with Crippen LogP contribution in [0.2, 0.25) is 0 Å². The summed E-state index contributed by atoms with van der Waals surface area (Å²) in [5.41, 5.74) is 1.09. The molecule has 0 aromatic carbocycles. The zero-order valence-electron chi connectivity index (χ0n) is 8.20. The lowest BCUT2D eigenvalue weighted by Crippen LogP contribution is -2.07. The maximum atomic E-state index is 6.17. The van der Waals surface area contributed by atoms with E-state index in [-0.39, 0.29) is 5.38 Å². The van der Waals surface area contributed by atoms with Crippen LogP contribution >= 0.6 is 11.6 Å². The van der Waals surface area contributed by atoms with E-state index < -0.39 is 0 Å². The monoisotopic (exact) mass is 197 g/mol.